The highest BCUT2D eigenvalue weighted by Gasteiger charge is 2.38. The Hall–Kier alpha value is -0.880. The van der Waals surface area contributed by atoms with Gasteiger partial charge in [-0.1, -0.05) is 12.1 Å². The molecule has 2 N–H and O–H groups in total. The van der Waals surface area contributed by atoms with E-state index in [1.165, 1.54) is 7.11 Å². The maximum absolute atomic E-state index is 12.5. The molecular formula is C11H14F3NOS. The zero-order valence-electron chi connectivity index (χ0n) is 9.33. The number of rotatable bonds is 5. The molecular weight excluding hydrogens is 251 g/mol. The number of thioether (sulfide) groups is 1. The number of hydrogen-bond donors (Lipinski definition) is 1. The highest BCUT2D eigenvalue weighted by atomic mass is 32.2. The third kappa shape index (κ3) is 4.12. The Morgan fingerprint density at radius 3 is 2.53 bits per heavy atom. The molecule has 0 saturated heterocycles. The van der Waals surface area contributed by atoms with Crippen LogP contribution in [0.15, 0.2) is 29.2 Å². The molecule has 0 aromatic heterocycles. The zero-order valence-corrected chi connectivity index (χ0v) is 10.1. The van der Waals surface area contributed by atoms with Crippen LogP contribution in [0.3, 0.4) is 0 Å². The first kappa shape index (κ1) is 14.2. The zero-order chi connectivity index (χ0) is 12.9. The number of benzene rings is 1. The lowest BCUT2D eigenvalue weighted by atomic mass is 10.2. The minimum atomic E-state index is -4.25. The van der Waals surface area contributed by atoms with Gasteiger partial charge in [-0.05, 0) is 12.1 Å². The minimum Gasteiger partial charge on any atom is -0.496 e. The largest absolute Gasteiger partial charge is 0.496 e. The van der Waals surface area contributed by atoms with Gasteiger partial charge in [-0.25, -0.2) is 0 Å². The van der Waals surface area contributed by atoms with Crippen LogP contribution in [0.2, 0.25) is 0 Å². The minimum absolute atomic E-state index is 0.0969. The molecule has 6 heteroatoms. The lowest BCUT2D eigenvalue weighted by Gasteiger charge is -2.18. The summed E-state index contributed by atoms with van der Waals surface area (Å²) in [5, 5.41) is 0. The van der Waals surface area contributed by atoms with Gasteiger partial charge in [0.05, 0.1) is 13.0 Å². The Labute approximate surface area is 102 Å². The maximum atomic E-state index is 12.5. The van der Waals surface area contributed by atoms with Gasteiger partial charge in [0, 0.05) is 17.2 Å². The number of nitrogens with two attached hydrogens (primary N) is 1. The molecule has 0 amide bonds. The van der Waals surface area contributed by atoms with Crippen molar-refractivity contribution in [3.63, 3.8) is 0 Å². The van der Waals surface area contributed by atoms with Crippen LogP contribution < -0.4 is 10.5 Å². The SMILES string of the molecule is COc1ccccc1SCC(CN)C(F)(F)F. The lowest BCUT2D eigenvalue weighted by molar-refractivity contribution is -0.165. The molecule has 2 nitrogen and oxygen atoms in total. The van der Waals surface area contributed by atoms with Crippen LogP contribution >= 0.6 is 11.8 Å². The Kier molecular flexibility index (Phi) is 5.14. The van der Waals surface area contributed by atoms with E-state index in [1.54, 1.807) is 24.3 Å². The fraction of sp³-hybridized carbons (Fsp3) is 0.455. The fourth-order valence-corrected chi connectivity index (χ4v) is 2.40. The first-order valence-corrected chi connectivity index (χ1v) is 6.00. The molecule has 1 rings (SSSR count). The van der Waals surface area contributed by atoms with Gasteiger partial charge in [0.15, 0.2) is 0 Å². The van der Waals surface area contributed by atoms with Crippen LogP contribution in [-0.2, 0) is 0 Å². The second kappa shape index (κ2) is 6.16. The molecule has 0 radical (unpaired) electrons. The van der Waals surface area contributed by atoms with Crippen molar-refractivity contribution in [2.75, 3.05) is 19.4 Å². The van der Waals surface area contributed by atoms with E-state index in [4.69, 9.17) is 10.5 Å². The smallest absolute Gasteiger partial charge is 0.393 e. The van der Waals surface area contributed by atoms with Crippen LogP contribution in [0.5, 0.6) is 5.75 Å². The van der Waals surface area contributed by atoms with Gasteiger partial charge in [0.1, 0.15) is 5.75 Å². The predicted molar refractivity (Wildman–Crippen MR) is 62.3 cm³/mol. The van der Waals surface area contributed by atoms with Gasteiger partial charge in [-0.3, -0.25) is 0 Å². The third-order valence-corrected chi connectivity index (χ3v) is 3.47. The fourth-order valence-electron chi connectivity index (χ4n) is 1.22. The molecule has 17 heavy (non-hydrogen) atoms. The first-order chi connectivity index (χ1) is 7.99. The summed E-state index contributed by atoms with van der Waals surface area (Å²) in [6, 6.07) is 6.98. The predicted octanol–water partition coefficient (Wildman–Crippen LogP) is 2.92. The Morgan fingerprint density at radius 1 is 1.35 bits per heavy atom. The molecule has 0 bridgehead atoms. The highest BCUT2D eigenvalue weighted by molar-refractivity contribution is 7.99. The van der Waals surface area contributed by atoms with Crippen molar-refractivity contribution in [3.8, 4) is 5.75 Å². The number of alkyl halides is 3. The van der Waals surface area contributed by atoms with Crippen molar-refractivity contribution >= 4 is 11.8 Å². The Morgan fingerprint density at radius 2 is 2.00 bits per heavy atom. The van der Waals surface area contributed by atoms with Crippen molar-refractivity contribution in [1.29, 1.82) is 0 Å². The summed E-state index contributed by atoms with van der Waals surface area (Å²) in [4.78, 5) is 0.692. The van der Waals surface area contributed by atoms with E-state index in [0.717, 1.165) is 11.8 Å². The standard InChI is InChI=1S/C11H14F3NOS/c1-16-9-4-2-3-5-10(9)17-7-8(6-15)11(12,13)14/h2-5,8H,6-7,15H2,1H3. The van der Waals surface area contributed by atoms with E-state index < -0.39 is 18.6 Å². The molecule has 1 aromatic carbocycles. The summed E-state index contributed by atoms with van der Waals surface area (Å²) in [6.07, 6.45) is -4.25. The number of hydrogen-bond acceptors (Lipinski definition) is 3. The summed E-state index contributed by atoms with van der Waals surface area (Å²) in [7, 11) is 1.49. The number of methoxy groups -OCH3 is 1. The van der Waals surface area contributed by atoms with E-state index in [2.05, 4.69) is 0 Å². The summed E-state index contributed by atoms with van der Waals surface area (Å²) in [6.45, 7) is -0.397. The average Bonchev–Trinajstić information content (AvgIpc) is 2.28. The van der Waals surface area contributed by atoms with Gasteiger partial charge in [0.25, 0.3) is 0 Å². The lowest BCUT2D eigenvalue weighted by Crippen LogP contribution is -2.32. The molecule has 0 spiro atoms. The maximum Gasteiger partial charge on any atom is 0.393 e. The van der Waals surface area contributed by atoms with E-state index in [-0.39, 0.29) is 5.75 Å². The van der Waals surface area contributed by atoms with Crippen LogP contribution in [0.25, 0.3) is 0 Å². The average molecular weight is 265 g/mol. The summed E-state index contributed by atoms with van der Waals surface area (Å²) in [5.74, 6) is -1.01. The van der Waals surface area contributed by atoms with E-state index in [9.17, 15) is 13.2 Å². The molecule has 1 atom stereocenters. The molecule has 0 aliphatic rings. The van der Waals surface area contributed by atoms with Gasteiger partial charge in [-0.2, -0.15) is 13.2 Å². The van der Waals surface area contributed by atoms with E-state index in [0.29, 0.717) is 10.6 Å². The Balaban J connectivity index is 2.66. The highest BCUT2D eigenvalue weighted by Crippen LogP contribution is 2.34. The van der Waals surface area contributed by atoms with E-state index >= 15 is 0 Å². The van der Waals surface area contributed by atoms with Crippen molar-refractivity contribution < 1.29 is 17.9 Å². The summed E-state index contributed by atoms with van der Waals surface area (Å²) < 4.78 is 42.5. The topological polar surface area (TPSA) is 35.2 Å². The van der Waals surface area contributed by atoms with Gasteiger partial charge in [0.2, 0.25) is 0 Å². The van der Waals surface area contributed by atoms with Gasteiger partial charge < -0.3 is 10.5 Å². The quantitative estimate of drug-likeness (QED) is 0.831. The second-order valence-electron chi connectivity index (χ2n) is 3.44. The van der Waals surface area contributed by atoms with Crippen molar-refractivity contribution in [2.24, 2.45) is 11.7 Å². The van der Waals surface area contributed by atoms with Crippen molar-refractivity contribution in [2.45, 2.75) is 11.1 Å². The molecule has 0 fully saturated rings. The van der Waals surface area contributed by atoms with Crippen LogP contribution in [0.1, 0.15) is 0 Å². The molecule has 0 saturated carbocycles. The monoisotopic (exact) mass is 265 g/mol. The van der Waals surface area contributed by atoms with Crippen LogP contribution in [0.4, 0.5) is 13.2 Å². The normalized spacial score (nSPS) is 13.5. The molecule has 0 heterocycles. The molecule has 0 aliphatic heterocycles. The molecule has 96 valence electrons. The third-order valence-electron chi connectivity index (χ3n) is 2.26. The van der Waals surface area contributed by atoms with Gasteiger partial charge in [-0.15, -0.1) is 11.8 Å². The van der Waals surface area contributed by atoms with Crippen LogP contribution in [-0.4, -0.2) is 25.6 Å². The molecule has 1 unspecified atom stereocenters. The van der Waals surface area contributed by atoms with Crippen LogP contribution in [0, 0.1) is 5.92 Å². The number of ether oxygens (including phenoxy) is 1. The van der Waals surface area contributed by atoms with Crippen molar-refractivity contribution in [3.05, 3.63) is 24.3 Å². The molecule has 1 aromatic rings. The summed E-state index contributed by atoms with van der Waals surface area (Å²) in [5.41, 5.74) is 5.13. The van der Waals surface area contributed by atoms with Gasteiger partial charge >= 0.3 is 6.18 Å². The van der Waals surface area contributed by atoms with Crippen molar-refractivity contribution in [1.82, 2.24) is 0 Å². The summed E-state index contributed by atoms with van der Waals surface area (Å²) >= 11 is 1.11. The van der Waals surface area contributed by atoms with E-state index in [1.807, 2.05) is 0 Å². The number of para-hydroxylation sites is 1. The Bertz CT molecular complexity index is 357. The second-order valence-corrected chi connectivity index (χ2v) is 4.50. The molecule has 0 aliphatic carbocycles. The first-order valence-electron chi connectivity index (χ1n) is 5.01. The number of halogens is 3.